The molecule has 6 heteroatoms. The van der Waals surface area contributed by atoms with Crippen molar-refractivity contribution in [1.82, 2.24) is 0 Å². The Kier molecular flexibility index (Phi) is 5.89. The van der Waals surface area contributed by atoms with E-state index in [1.165, 1.54) is 26.2 Å². The average Bonchev–Trinajstić information content (AvgIpc) is 2.59. The molecule has 0 saturated heterocycles. The second kappa shape index (κ2) is 8.10. The smallest absolute Gasteiger partial charge is 0.341 e. The van der Waals surface area contributed by atoms with Crippen LogP contribution in [0.4, 0.5) is 0 Å². The normalized spacial score (nSPS) is 10.2. The molecule has 25 heavy (non-hydrogen) atoms. The van der Waals surface area contributed by atoms with Crippen molar-refractivity contribution in [2.45, 2.75) is 20.0 Å². The van der Waals surface area contributed by atoms with Crippen LogP contribution in [0.2, 0.25) is 0 Å². The lowest BCUT2D eigenvalue weighted by Gasteiger charge is -2.16. The van der Waals surface area contributed by atoms with Crippen LogP contribution < -0.4 is 4.74 Å². The van der Waals surface area contributed by atoms with Gasteiger partial charge in [-0.15, -0.1) is 0 Å². The molecule has 0 bridgehead atoms. The first kappa shape index (κ1) is 18.2. The van der Waals surface area contributed by atoms with Gasteiger partial charge in [0, 0.05) is 5.56 Å². The zero-order chi connectivity index (χ0) is 18.4. The third kappa shape index (κ3) is 4.44. The van der Waals surface area contributed by atoms with Gasteiger partial charge in [-0.05, 0) is 30.2 Å². The number of benzene rings is 2. The Balaban J connectivity index is 2.49. The molecule has 0 radical (unpaired) electrons. The molecule has 0 atom stereocenters. The fourth-order valence-electron chi connectivity index (χ4n) is 2.47. The quantitative estimate of drug-likeness (QED) is 0.615. The zero-order valence-electron chi connectivity index (χ0n) is 13.9. The average molecular weight is 342 g/mol. The molecule has 0 fully saturated rings. The van der Waals surface area contributed by atoms with Gasteiger partial charge in [-0.1, -0.05) is 30.3 Å². The lowest BCUT2D eigenvalue weighted by molar-refractivity contribution is -0.136. The molecular weight excluding hydrogens is 324 g/mol. The van der Waals surface area contributed by atoms with Crippen molar-refractivity contribution in [3.05, 3.63) is 64.7 Å². The minimum atomic E-state index is -1.16. The van der Waals surface area contributed by atoms with E-state index in [-0.39, 0.29) is 34.8 Å². The SMILES string of the molecule is COC(=O)c1c(OCc2ccccc2)ccc(C(C)=O)c1CC(=O)O. The summed E-state index contributed by atoms with van der Waals surface area (Å²) in [5, 5.41) is 9.15. The van der Waals surface area contributed by atoms with E-state index >= 15 is 0 Å². The number of ketones is 1. The van der Waals surface area contributed by atoms with E-state index in [9.17, 15) is 14.4 Å². The maximum Gasteiger partial charge on any atom is 0.341 e. The van der Waals surface area contributed by atoms with Crippen molar-refractivity contribution in [2.24, 2.45) is 0 Å². The summed E-state index contributed by atoms with van der Waals surface area (Å²) in [5.74, 6) is -2.07. The van der Waals surface area contributed by atoms with Gasteiger partial charge in [0.05, 0.1) is 13.5 Å². The van der Waals surface area contributed by atoms with Crippen molar-refractivity contribution >= 4 is 17.7 Å². The van der Waals surface area contributed by atoms with E-state index < -0.39 is 18.4 Å². The zero-order valence-corrected chi connectivity index (χ0v) is 13.9. The van der Waals surface area contributed by atoms with E-state index in [0.717, 1.165) is 5.56 Å². The molecule has 0 aliphatic heterocycles. The standard InChI is InChI=1S/C19H18O6/c1-12(20)14-8-9-16(25-11-13-6-4-3-5-7-13)18(19(23)24-2)15(14)10-17(21)22/h3-9H,10-11H2,1-2H3,(H,21,22). The highest BCUT2D eigenvalue weighted by Crippen LogP contribution is 2.28. The molecule has 0 aliphatic rings. The van der Waals surface area contributed by atoms with Gasteiger partial charge in [0.25, 0.3) is 0 Å². The van der Waals surface area contributed by atoms with Crippen molar-refractivity contribution in [3.8, 4) is 5.75 Å². The Bertz CT molecular complexity index is 795. The lowest BCUT2D eigenvalue weighted by Crippen LogP contribution is -2.16. The predicted molar refractivity (Wildman–Crippen MR) is 89.9 cm³/mol. The first-order valence-corrected chi connectivity index (χ1v) is 7.57. The molecule has 2 rings (SSSR count). The van der Waals surface area contributed by atoms with Gasteiger partial charge >= 0.3 is 11.9 Å². The molecule has 0 amide bonds. The van der Waals surface area contributed by atoms with Crippen LogP contribution in [0.5, 0.6) is 5.75 Å². The number of rotatable bonds is 7. The van der Waals surface area contributed by atoms with Crippen molar-refractivity contribution in [1.29, 1.82) is 0 Å². The number of hydrogen-bond donors (Lipinski definition) is 1. The largest absolute Gasteiger partial charge is 0.488 e. The second-order valence-corrected chi connectivity index (χ2v) is 5.36. The van der Waals surface area contributed by atoms with Crippen LogP contribution in [0.3, 0.4) is 0 Å². The van der Waals surface area contributed by atoms with Crippen molar-refractivity contribution in [3.63, 3.8) is 0 Å². The van der Waals surface area contributed by atoms with Gasteiger partial charge in [0.2, 0.25) is 0 Å². The molecule has 0 heterocycles. The second-order valence-electron chi connectivity index (χ2n) is 5.36. The number of ether oxygens (including phenoxy) is 2. The number of aliphatic carboxylic acids is 1. The van der Waals surface area contributed by atoms with E-state index in [2.05, 4.69) is 0 Å². The van der Waals surface area contributed by atoms with Crippen LogP contribution in [0.1, 0.15) is 38.8 Å². The summed E-state index contributed by atoms with van der Waals surface area (Å²) in [4.78, 5) is 35.2. The number of carbonyl (C=O) groups excluding carboxylic acids is 2. The van der Waals surface area contributed by atoms with Crippen molar-refractivity contribution < 1.29 is 29.0 Å². The van der Waals surface area contributed by atoms with Crippen LogP contribution in [0, 0.1) is 0 Å². The fraction of sp³-hybridized carbons (Fsp3) is 0.211. The van der Waals surface area contributed by atoms with Gasteiger partial charge in [-0.3, -0.25) is 9.59 Å². The molecule has 0 aromatic heterocycles. The summed E-state index contributed by atoms with van der Waals surface area (Å²) in [5.41, 5.74) is 1.11. The molecule has 0 spiro atoms. The summed E-state index contributed by atoms with van der Waals surface area (Å²) in [7, 11) is 1.19. The molecule has 0 aliphatic carbocycles. The molecular formula is C19H18O6. The van der Waals surface area contributed by atoms with E-state index in [0.29, 0.717) is 0 Å². The molecule has 0 unspecified atom stereocenters. The fourth-order valence-corrected chi connectivity index (χ4v) is 2.47. The van der Waals surface area contributed by atoms with Crippen LogP contribution in [0.25, 0.3) is 0 Å². The third-order valence-corrected chi connectivity index (χ3v) is 3.61. The summed E-state index contributed by atoms with van der Waals surface area (Å²) in [6, 6.07) is 12.3. The Morgan fingerprint density at radius 2 is 1.72 bits per heavy atom. The number of carbonyl (C=O) groups is 3. The first-order valence-electron chi connectivity index (χ1n) is 7.57. The summed E-state index contributed by atoms with van der Waals surface area (Å²) < 4.78 is 10.5. The van der Waals surface area contributed by atoms with E-state index in [1.54, 1.807) is 0 Å². The Labute approximate surface area is 145 Å². The summed E-state index contributed by atoms with van der Waals surface area (Å²) in [6.07, 6.45) is -0.484. The van der Waals surface area contributed by atoms with Gasteiger partial charge in [-0.2, -0.15) is 0 Å². The highest BCUT2D eigenvalue weighted by atomic mass is 16.5. The number of esters is 1. The molecule has 2 aromatic rings. The Morgan fingerprint density at radius 3 is 2.28 bits per heavy atom. The van der Waals surface area contributed by atoms with Crippen molar-refractivity contribution in [2.75, 3.05) is 7.11 Å². The summed E-state index contributed by atoms with van der Waals surface area (Å²) >= 11 is 0. The van der Waals surface area contributed by atoms with Crippen LogP contribution >= 0.6 is 0 Å². The summed E-state index contributed by atoms with van der Waals surface area (Å²) in [6.45, 7) is 1.50. The topological polar surface area (TPSA) is 89.9 Å². The number of methoxy groups -OCH3 is 1. The molecule has 1 N–H and O–H groups in total. The van der Waals surface area contributed by atoms with Gasteiger partial charge in [0.1, 0.15) is 17.9 Å². The van der Waals surface area contributed by atoms with Crippen LogP contribution in [-0.4, -0.2) is 29.9 Å². The highest BCUT2D eigenvalue weighted by Gasteiger charge is 2.24. The minimum Gasteiger partial charge on any atom is -0.488 e. The molecule has 0 saturated carbocycles. The molecule has 2 aromatic carbocycles. The maximum atomic E-state index is 12.2. The third-order valence-electron chi connectivity index (χ3n) is 3.61. The van der Waals surface area contributed by atoms with Gasteiger partial charge in [-0.25, -0.2) is 4.79 Å². The Hall–Kier alpha value is -3.15. The van der Waals surface area contributed by atoms with Crippen LogP contribution in [-0.2, 0) is 22.6 Å². The number of carboxylic acid groups (broad SMARTS) is 1. The lowest BCUT2D eigenvalue weighted by atomic mass is 9.95. The number of carboxylic acids is 1. The van der Waals surface area contributed by atoms with E-state index in [1.807, 2.05) is 30.3 Å². The van der Waals surface area contributed by atoms with Gasteiger partial charge < -0.3 is 14.6 Å². The predicted octanol–water partition coefficient (Wildman–Crippen LogP) is 2.88. The number of hydrogen-bond acceptors (Lipinski definition) is 5. The molecule has 130 valence electrons. The van der Waals surface area contributed by atoms with Gasteiger partial charge in [0.15, 0.2) is 5.78 Å². The Morgan fingerprint density at radius 1 is 1.04 bits per heavy atom. The highest BCUT2D eigenvalue weighted by molar-refractivity contribution is 6.03. The number of Topliss-reactive ketones (excluding diaryl/α,β-unsaturated/α-hetero) is 1. The minimum absolute atomic E-state index is 0.0338. The van der Waals surface area contributed by atoms with Crippen LogP contribution in [0.15, 0.2) is 42.5 Å². The molecule has 6 nitrogen and oxygen atoms in total. The maximum absolute atomic E-state index is 12.2. The first-order chi connectivity index (χ1) is 11.9. The van der Waals surface area contributed by atoms with E-state index in [4.69, 9.17) is 14.6 Å². The monoisotopic (exact) mass is 342 g/mol.